The molecule has 1 heterocycles. The Morgan fingerprint density at radius 1 is 1.00 bits per heavy atom. The lowest BCUT2D eigenvalue weighted by molar-refractivity contribution is -0.148. The number of carbonyl (C=O) groups excluding carboxylic acids is 3. The van der Waals surface area contributed by atoms with Crippen molar-refractivity contribution in [2.45, 2.75) is 57.7 Å². The molecule has 11 heteroatoms. The van der Waals surface area contributed by atoms with E-state index in [0.717, 1.165) is 43.1 Å². The fourth-order valence-corrected chi connectivity index (χ4v) is 5.83. The maximum atomic E-state index is 13.3. The lowest BCUT2D eigenvalue weighted by atomic mass is 10.1. The molecule has 2 aromatic rings. The summed E-state index contributed by atoms with van der Waals surface area (Å²) in [7, 11) is 0. The summed E-state index contributed by atoms with van der Waals surface area (Å²) < 4.78 is 11.0. The van der Waals surface area contributed by atoms with Crippen LogP contribution in [0.1, 0.15) is 43.6 Å². The van der Waals surface area contributed by atoms with Crippen LogP contribution in [0.25, 0.3) is 0 Å². The predicted octanol–water partition coefficient (Wildman–Crippen LogP) is 4.11. The molecular formula is C32H45ClN4O5S. The van der Waals surface area contributed by atoms with Gasteiger partial charge < -0.3 is 29.8 Å². The number of nitrogens with zero attached hydrogens (tertiary/aromatic N) is 3. The number of rotatable bonds is 16. The second kappa shape index (κ2) is 17.6. The summed E-state index contributed by atoms with van der Waals surface area (Å²) in [5.74, 6) is -0.278. The molecule has 0 radical (unpaired) electrons. The molecule has 2 N–H and O–H groups in total. The van der Waals surface area contributed by atoms with Crippen molar-refractivity contribution in [3.63, 3.8) is 0 Å². The number of thioether (sulfide) groups is 1. The van der Waals surface area contributed by atoms with Crippen LogP contribution in [0, 0.1) is 0 Å². The lowest BCUT2D eigenvalue weighted by Gasteiger charge is -2.35. The van der Waals surface area contributed by atoms with Gasteiger partial charge in [-0.05, 0) is 76.1 Å². The summed E-state index contributed by atoms with van der Waals surface area (Å²) >= 11 is 7.26. The number of ether oxygens (including phenoxy) is 2. The molecule has 0 aliphatic carbocycles. The van der Waals surface area contributed by atoms with Gasteiger partial charge >= 0.3 is 5.97 Å². The monoisotopic (exact) mass is 632 g/mol. The Balaban J connectivity index is 1.59. The van der Waals surface area contributed by atoms with Crippen LogP contribution in [-0.2, 0) is 25.5 Å². The zero-order valence-electron chi connectivity index (χ0n) is 25.6. The fourth-order valence-electron chi connectivity index (χ4n) is 4.67. The number of benzene rings is 2. The zero-order valence-corrected chi connectivity index (χ0v) is 27.2. The molecule has 2 aromatic carbocycles. The van der Waals surface area contributed by atoms with Crippen molar-refractivity contribution >= 4 is 47.2 Å². The Hall–Kier alpha value is -2.63. The Morgan fingerprint density at radius 3 is 2.23 bits per heavy atom. The number of halogens is 1. The van der Waals surface area contributed by atoms with Crippen LogP contribution < -0.4 is 10.6 Å². The van der Waals surface area contributed by atoms with Gasteiger partial charge in [-0.15, -0.1) is 11.8 Å². The number of anilines is 1. The van der Waals surface area contributed by atoms with Crippen molar-refractivity contribution in [2.75, 3.05) is 56.5 Å². The van der Waals surface area contributed by atoms with Gasteiger partial charge in [0, 0.05) is 61.3 Å². The van der Waals surface area contributed by atoms with Gasteiger partial charge in [-0.25, -0.2) is 0 Å². The number of aldehydes is 1. The van der Waals surface area contributed by atoms with Gasteiger partial charge in [0.2, 0.25) is 0 Å². The van der Waals surface area contributed by atoms with Gasteiger partial charge in [0.15, 0.2) is 6.29 Å². The van der Waals surface area contributed by atoms with Crippen LogP contribution in [0.4, 0.5) is 5.69 Å². The minimum Gasteiger partial charge on any atom is -0.462 e. The summed E-state index contributed by atoms with van der Waals surface area (Å²) in [5.41, 5.74) is 8.65. The predicted molar refractivity (Wildman–Crippen MR) is 174 cm³/mol. The van der Waals surface area contributed by atoms with Gasteiger partial charge in [-0.2, -0.15) is 0 Å². The fraction of sp³-hybridized carbons (Fsp3) is 0.531. The number of hydrogen-bond donors (Lipinski definition) is 1. The van der Waals surface area contributed by atoms with Gasteiger partial charge in [0.25, 0.3) is 5.91 Å². The molecular weight excluding hydrogens is 588 g/mol. The largest absolute Gasteiger partial charge is 0.462 e. The van der Waals surface area contributed by atoms with E-state index in [1.54, 1.807) is 26.0 Å². The normalized spacial score (nSPS) is 15.4. The van der Waals surface area contributed by atoms with E-state index < -0.39 is 17.4 Å². The first-order valence-corrected chi connectivity index (χ1v) is 16.3. The highest BCUT2D eigenvalue weighted by Gasteiger charge is 2.25. The smallest absolute Gasteiger partial charge is 0.324 e. The van der Waals surface area contributed by atoms with E-state index in [9.17, 15) is 14.4 Å². The van der Waals surface area contributed by atoms with Gasteiger partial charge in [-0.3, -0.25) is 14.5 Å². The highest BCUT2D eigenvalue weighted by Crippen LogP contribution is 2.24. The van der Waals surface area contributed by atoms with E-state index in [-0.39, 0.29) is 23.9 Å². The van der Waals surface area contributed by atoms with Crippen LogP contribution in [0.15, 0.2) is 48.5 Å². The van der Waals surface area contributed by atoms with E-state index >= 15 is 0 Å². The number of piperazine rings is 1. The van der Waals surface area contributed by atoms with Crippen molar-refractivity contribution in [3.05, 3.63) is 64.7 Å². The van der Waals surface area contributed by atoms with E-state index in [4.69, 9.17) is 26.8 Å². The maximum Gasteiger partial charge on any atom is 0.324 e. The molecule has 3 rings (SSSR count). The maximum absolute atomic E-state index is 13.3. The summed E-state index contributed by atoms with van der Waals surface area (Å²) in [6.45, 7) is 12.2. The molecule has 1 aliphatic rings. The van der Waals surface area contributed by atoms with Gasteiger partial charge in [0.05, 0.1) is 18.8 Å². The van der Waals surface area contributed by atoms with Crippen molar-refractivity contribution < 1.29 is 23.9 Å². The zero-order chi connectivity index (χ0) is 31.4. The van der Waals surface area contributed by atoms with Crippen LogP contribution in [-0.4, -0.2) is 103 Å². The van der Waals surface area contributed by atoms with Gasteiger partial charge in [0.1, 0.15) is 11.4 Å². The van der Waals surface area contributed by atoms with E-state index in [2.05, 4.69) is 17.0 Å². The Kier molecular flexibility index (Phi) is 14.3. The second-order valence-corrected chi connectivity index (χ2v) is 12.7. The van der Waals surface area contributed by atoms with E-state index in [1.165, 1.54) is 17.3 Å². The SMILES string of the molecule is CC(C)OCCN(c1ccc(C(=O)N2CCN(CCc3ccc(Cl)cc3)CC2)cc1)C(C=O)SCC(N)C(=O)OC(C)C. The first kappa shape index (κ1) is 34.9. The van der Waals surface area contributed by atoms with Crippen molar-refractivity contribution in [1.29, 1.82) is 0 Å². The third-order valence-electron chi connectivity index (χ3n) is 7.04. The summed E-state index contributed by atoms with van der Waals surface area (Å²) in [6, 6.07) is 14.4. The van der Waals surface area contributed by atoms with Crippen LogP contribution in [0.2, 0.25) is 5.02 Å². The van der Waals surface area contributed by atoms with Crippen LogP contribution >= 0.6 is 23.4 Å². The van der Waals surface area contributed by atoms with E-state index in [1.807, 2.05) is 47.9 Å². The molecule has 0 saturated carbocycles. The summed E-state index contributed by atoms with van der Waals surface area (Å²) in [5, 5.41) is 0.140. The standard InChI is InChI=1S/C32H45ClN4O5S/c1-23(2)41-20-19-37(30(21-38)43-22-29(34)32(40)42-24(3)4)28-11-7-26(8-12-28)31(39)36-17-15-35(16-18-36)14-13-25-5-9-27(33)10-6-25/h5-12,21,23-24,29-30H,13-20,22,34H2,1-4H3. The molecule has 0 aromatic heterocycles. The average molecular weight is 633 g/mol. The number of carbonyl (C=O) groups is 3. The van der Waals surface area contributed by atoms with Crippen LogP contribution in [0.5, 0.6) is 0 Å². The molecule has 2 unspecified atom stereocenters. The molecule has 0 bridgehead atoms. The third kappa shape index (κ3) is 11.4. The van der Waals surface area contributed by atoms with Crippen molar-refractivity contribution in [2.24, 2.45) is 5.73 Å². The highest BCUT2D eigenvalue weighted by molar-refractivity contribution is 8.00. The van der Waals surface area contributed by atoms with Crippen LogP contribution in [0.3, 0.4) is 0 Å². The molecule has 1 amide bonds. The summed E-state index contributed by atoms with van der Waals surface area (Å²) in [4.78, 5) is 43.8. The number of hydrogen-bond acceptors (Lipinski definition) is 9. The minimum absolute atomic E-state index is 0.00505. The molecule has 43 heavy (non-hydrogen) atoms. The molecule has 1 fully saturated rings. The van der Waals surface area contributed by atoms with E-state index in [0.29, 0.717) is 31.8 Å². The summed E-state index contributed by atoms with van der Waals surface area (Å²) in [6.07, 6.45) is 1.56. The molecule has 0 spiro atoms. The number of nitrogens with two attached hydrogens (primary N) is 1. The minimum atomic E-state index is -0.846. The Labute approximate surface area is 265 Å². The topological polar surface area (TPSA) is 105 Å². The molecule has 9 nitrogen and oxygen atoms in total. The van der Waals surface area contributed by atoms with Gasteiger partial charge in [-0.1, -0.05) is 23.7 Å². The first-order chi connectivity index (χ1) is 20.6. The average Bonchev–Trinajstić information content (AvgIpc) is 2.99. The quantitative estimate of drug-likeness (QED) is 0.166. The Morgan fingerprint density at radius 2 is 1.65 bits per heavy atom. The highest BCUT2D eigenvalue weighted by atomic mass is 35.5. The van der Waals surface area contributed by atoms with Crippen molar-refractivity contribution in [1.82, 2.24) is 9.80 Å². The first-order valence-electron chi connectivity index (χ1n) is 14.8. The molecule has 1 saturated heterocycles. The van der Waals surface area contributed by atoms with Crippen molar-refractivity contribution in [3.8, 4) is 0 Å². The third-order valence-corrected chi connectivity index (χ3v) is 8.55. The lowest BCUT2D eigenvalue weighted by Crippen LogP contribution is -2.49. The number of amides is 1. The number of esters is 1. The molecule has 2 atom stereocenters. The Bertz CT molecular complexity index is 1160. The molecule has 1 aliphatic heterocycles. The molecule has 236 valence electrons. The second-order valence-electron chi connectivity index (χ2n) is 11.1.